The first kappa shape index (κ1) is 16.5. The van der Waals surface area contributed by atoms with Gasteiger partial charge in [-0.3, -0.25) is 0 Å². The Bertz CT molecular complexity index is 812. The predicted octanol–water partition coefficient (Wildman–Crippen LogP) is 6.47. The van der Waals surface area contributed by atoms with Gasteiger partial charge in [-0.1, -0.05) is 99.6 Å². The lowest BCUT2D eigenvalue weighted by molar-refractivity contribution is 0.622. The van der Waals surface area contributed by atoms with Gasteiger partial charge in [-0.25, -0.2) is 0 Å². The molecule has 0 nitrogen and oxygen atoms in total. The first-order valence-electron chi connectivity index (χ1n) is 8.72. The van der Waals surface area contributed by atoms with Crippen molar-refractivity contribution >= 4 is 0 Å². The zero-order valence-electron chi connectivity index (χ0n) is 15.1. The Hall–Kier alpha value is -2.34. The van der Waals surface area contributed by atoms with Gasteiger partial charge >= 0.3 is 0 Å². The second-order valence-corrected chi connectivity index (χ2v) is 7.16. The quantitative estimate of drug-likeness (QED) is 0.517. The average molecular weight is 314 g/mol. The highest BCUT2D eigenvalue weighted by Gasteiger charge is 2.28. The van der Waals surface area contributed by atoms with Gasteiger partial charge in [0.05, 0.1) is 0 Å². The molecule has 0 bridgehead atoms. The summed E-state index contributed by atoms with van der Waals surface area (Å²) in [4.78, 5) is 0. The molecule has 0 heterocycles. The zero-order chi connectivity index (χ0) is 17.2. The molecule has 0 saturated carbocycles. The molecule has 0 fully saturated rings. The molecule has 1 unspecified atom stereocenters. The van der Waals surface area contributed by atoms with Gasteiger partial charge in [-0.15, -0.1) is 0 Å². The lowest BCUT2D eigenvalue weighted by Crippen LogP contribution is -2.23. The van der Waals surface area contributed by atoms with Crippen LogP contribution in [0.2, 0.25) is 0 Å². The molecule has 0 N–H and O–H groups in total. The number of aryl methyl sites for hydroxylation is 1. The monoisotopic (exact) mass is 314 g/mol. The van der Waals surface area contributed by atoms with Crippen molar-refractivity contribution in [2.45, 2.75) is 39.0 Å². The van der Waals surface area contributed by atoms with Crippen LogP contribution in [0.3, 0.4) is 0 Å². The molecule has 0 amide bonds. The highest BCUT2D eigenvalue weighted by Crippen LogP contribution is 2.39. The molecular formula is C24H26. The first-order valence-corrected chi connectivity index (χ1v) is 8.72. The van der Waals surface area contributed by atoms with E-state index < -0.39 is 0 Å². The van der Waals surface area contributed by atoms with Gasteiger partial charge in [0.15, 0.2) is 0 Å². The van der Waals surface area contributed by atoms with Crippen LogP contribution in [0, 0.1) is 6.92 Å². The van der Waals surface area contributed by atoms with Crippen LogP contribution in [0.15, 0.2) is 78.9 Å². The normalized spacial score (nSPS) is 12.8. The molecule has 1 atom stereocenters. The topological polar surface area (TPSA) is 0 Å². The third-order valence-electron chi connectivity index (χ3n) is 5.22. The van der Waals surface area contributed by atoms with E-state index in [1.54, 1.807) is 0 Å². The molecule has 0 saturated heterocycles. The fraction of sp³-hybridized carbons (Fsp3) is 0.250. The van der Waals surface area contributed by atoms with Crippen molar-refractivity contribution in [3.05, 3.63) is 107 Å². The largest absolute Gasteiger partial charge is 0.0622 e. The SMILES string of the molecule is Cc1ccccc1C(C)(C)c1ccccc1C(C)c1ccccc1. The van der Waals surface area contributed by atoms with E-state index in [0.29, 0.717) is 5.92 Å². The van der Waals surface area contributed by atoms with Crippen LogP contribution in [0.25, 0.3) is 0 Å². The van der Waals surface area contributed by atoms with Gasteiger partial charge < -0.3 is 0 Å². The molecule has 0 aliphatic rings. The Morgan fingerprint density at radius 1 is 0.667 bits per heavy atom. The molecular weight excluding hydrogens is 288 g/mol. The van der Waals surface area contributed by atoms with Crippen molar-refractivity contribution in [1.82, 2.24) is 0 Å². The van der Waals surface area contributed by atoms with Crippen LogP contribution >= 0.6 is 0 Å². The molecule has 0 spiro atoms. The number of hydrogen-bond donors (Lipinski definition) is 0. The van der Waals surface area contributed by atoms with Crippen molar-refractivity contribution in [2.24, 2.45) is 0 Å². The van der Waals surface area contributed by atoms with Crippen LogP contribution in [-0.2, 0) is 5.41 Å². The van der Waals surface area contributed by atoms with Crippen LogP contribution in [0.5, 0.6) is 0 Å². The van der Waals surface area contributed by atoms with Crippen LogP contribution in [0.1, 0.15) is 54.5 Å². The highest BCUT2D eigenvalue weighted by molar-refractivity contribution is 5.48. The van der Waals surface area contributed by atoms with E-state index in [9.17, 15) is 0 Å². The van der Waals surface area contributed by atoms with Gasteiger partial charge in [0.25, 0.3) is 0 Å². The Balaban J connectivity index is 2.11. The summed E-state index contributed by atoms with van der Waals surface area (Å²) in [7, 11) is 0. The average Bonchev–Trinajstić information content (AvgIpc) is 2.62. The van der Waals surface area contributed by atoms with Crippen LogP contribution < -0.4 is 0 Å². The first-order chi connectivity index (χ1) is 11.5. The minimum Gasteiger partial charge on any atom is -0.0622 e. The summed E-state index contributed by atoms with van der Waals surface area (Å²) in [6.07, 6.45) is 0. The maximum atomic E-state index is 2.34. The second kappa shape index (κ2) is 6.65. The summed E-state index contributed by atoms with van der Waals surface area (Å²) < 4.78 is 0. The maximum absolute atomic E-state index is 2.34. The Labute approximate surface area is 146 Å². The second-order valence-electron chi connectivity index (χ2n) is 7.16. The molecule has 122 valence electrons. The minimum atomic E-state index is -0.0228. The predicted molar refractivity (Wildman–Crippen MR) is 104 cm³/mol. The Morgan fingerprint density at radius 3 is 1.88 bits per heavy atom. The van der Waals surface area contributed by atoms with Gasteiger partial charge in [0.1, 0.15) is 0 Å². The van der Waals surface area contributed by atoms with E-state index >= 15 is 0 Å². The molecule has 0 heteroatoms. The van der Waals surface area contributed by atoms with Crippen molar-refractivity contribution in [1.29, 1.82) is 0 Å². The molecule has 3 rings (SSSR count). The van der Waals surface area contributed by atoms with Crippen molar-refractivity contribution in [2.75, 3.05) is 0 Å². The molecule has 0 aromatic heterocycles. The summed E-state index contributed by atoms with van der Waals surface area (Å²) in [5, 5.41) is 0. The molecule has 3 aromatic rings. The van der Waals surface area contributed by atoms with Gasteiger partial charge in [-0.2, -0.15) is 0 Å². The van der Waals surface area contributed by atoms with E-state index in [-0.39, 0.29) is 5.41 Å². The lowest BCUT2D eigenvalue weighted by atomic mass is 9.72. The lowest BCUT2D eigenvalue weighted by Gasteiger charge is -2.32. The van der Waals surface area contributed by atoms with E-state index in [4.69, 9.17) is 0 Å². The third kappa shape index (κ3) is 3.01. The minimum absolute atomic E-state index is 0.0228. The summed E-state index contributed by atoms with van der Waals surface area (Å²) in [5.74, 6) is 0.380. The number of hydrogen-bond acceptors (Lipinski definition) is 0. The fourth-order valence-corrected chi connectivity index (χ4v) is 3.78. The molecule has 3 aromatic carbocycles. The smallest absolute Gasteiger partial charge is 0.0152 e. The van der Waals surface area contributed by atoms with E-state index in [0.717, 1.165) is 0 Å². The van der Waals surface area contributed by atoms with Gasteiger partial charge in [0, 0.05) is 11.3 Å². The van der Waals surface area contributed by atoms with E-state index in [2.05, 4.69) is 107 Å². The molecule has 0 aliphatic heterocycles. The van der Waals surface area contributed by atoms with Gasteiger partial charge in [-0.05, 0) is 34.7 Å². The zero-order valence-corrected chi connectivity index (χ0v) is 15.1. The molecule has 0 aliphatic carbocycles. The van der Waals surface area contributed by atoms with Crippen molar-refractivity contribution in [3.63, 3.8) is 0 Å². The van der Waals surface area contributed by atoms with Crippen LogP contribution in [0.4, 0.5) is 0 Å². The van der Waals surface area contributed by atoms with Crippen molar-refractivity contribution in [3.8, 4) is 0 Å². The summed E-state index contributed by atoms with van der Waals surface area (Å²) >= 11 is 0. The van der Waals surface area contributed by atoms with E-state index in [1.807, 2.05) is 0 Å². The standard InChI is InChI=1S/C24H26/c1-18-12-8-10-16-22(18)24(3,4)23-17-11-9-15-21(23)19(2)20-13-6-5-7-14-20/h5-17,19H,1-4H3. The van der Waals surface area contributed by atoms with E-state index in [1.165, 1.54) is 27.8 Å². The van der Waals surface area contributed by atoms with Crippen LogP contribution in [-0.4, -0.2) is 0 Å². The highest BCUT2D eigenvalue weighted by atomic mass is 14.3. The maximum Gasteiger partial charge on any atom is 0.0152 e. The summed E-state index contributed by atoms with van der Waals surface area (Å²) in [5.41, 5.74) is 6.92. The molecule has 24 heavy (non-hydrogen) atoms. The summed E-state index contributed by atoms with van der Waals surface area (Å²) in [6.45, 7) is 9.19. The molecule has 0 radical (unpaired) electrons. The Kier molecular flexibility index (Phi) is 4.57. The number of benzene rings is 3. The Morgan fingerprint density at radius 2 is 1.21 bits per heavy atom. The number of rotatable bonds is 4. The summed E-state index contributed by atoms with van der Waals surface area (Å²) in [6, 6.07) is 28.4. The fourth-order valence-electron chi connectivity index (χ4n) is 3.78. The van der Waals surface area contributed by atoms with Gasteiger partial charge in [0.2, 0.25) is 0 Å². The van der Waals surface area contributed by atoms with Crippen molar-refractivity contribution < 1.29 is 0 Å². The third-order valence-corrected chi connectivity index (χ3v) is 5.22.